The van der Waals surface area contributed by atoms with E-state index in [1.54, 1.807) is 0 Å². The van der Waals surface area contributed by atoms with Crippen LogP contribution in [0.15, 0.2) is 54.6 Å². The van der Waals surface area contributed by atoms with Crippen molar-refractivity contribution in [2.45, 2.75) is 46.0 Å². The Morgan fingerprint density at radius 3 is 1.58 bits per heavy atom. The standard InChI is InChI=1S/C13H9.C5H14O2Si.C4H10N.CH3.CH2.2ClH.Zr/c1-3-7-12-10(5-1)9-11-6-2-4-8-13(11)12;1-8(2,3)7-5-4-6;1-4(2,3)5;;;;;/h1-9H;6H,4-5H2,1-3H3;5H,1-3H3;1H3;1H2;2*1H;/q-1;;2*-1;;;;+2/p-2. The summed E-state index contributed by atoms with van der Waals surface area (Å²) in [4.78, 5) is 0. The van der Waals surface area contributed by atoms with Crippen LogP contribution in [-0.4, -0.2) is 36.4 Å². The SMILES string of the molecule is CC(C)(C)[NH-].C[Si](C)(C)OCCO.[CH2]=[Zr]([Cl])[Cl].[CH3-].c1ccc2c(c1)[cH-]c1ccccc12. The van der Waals surface area contributed by atoms with Gasteiger partial charge < -0.3 is 22.7 Å². The zero-order valence-corrected chi connectivity index (χ0v) is 24.9. The molecule has 0 amide bonds. The second kappa shape index (κ2) is 16.4. The molecule has 31 heavy (non-hydrogen) atoms. The summed E-state index contributed by atoms with van der Waals surface area (Å²) in [6.07, 6.45) is 0. The molecule has 0 saturated carbocycles. The van der Waals surface area contributed by atoms with E-state index in [0.29, 0.717) is 6.61 Å². The number of rotatable bonds is 3. The molecule has 0 unspecified atom stereocenters. The van der Waals surface area contributed by atoms with Crippen LogP contribution in [-0.2, 0) is 23.3 Å². The second-order valence-electron chi connectivity index (χ2n) is 8.59. The van der Waals surface area contributed by atoms with Crippen LogP contribution in [0.1, 0.15) is 20.8 Å². The van der Waals surface area contributed by atoms with Gasteiger partial charge in [0.1, 0.15) is 0 Å². The predicted octanol–water partition coefficient (Wildman–Crippen LogP) is 8.17. The van der Waals surface area contributed by atoms with Crippen molar-refractivity contribution in [3.05, 3.63) is 67.8 Å². The largest absolute Gasteiger partial charge is 0.358 e. The maximum Gasteiger partial charge on any atom is -0.0771 e. The van der Waals surface area contributed by atoms with Crippen molar-refractivity contribution in [3.8, 4) is 0 Å². The molecule has 0 aliphatic heterocycles. The minimum atomic E-state index is -1.85. The molecule has 0 heterocycles. The summed E-state index contributed by atoms with van der Waals surface area (Å²) in [7, 11) is 8.91. The van der Waals surface area contributed by atoms with Gasteiger partial charge in [-0.25, -0.2) is 0 Å². The molecule has 0 spiro atoms. The number of fused-ring (bicyclic) bond motifs is 3. The van der Waals surface area contributed by atoms with E-state index in [4.69, 9.17) is 32.3 Å². The minimum Gasteiger partial charge on any atom is -0.358 e. The maximum atomic E-state index is 8.33. The summed E-state index contributed by atoms with van der Waals surface area (Å²) >= 11 is -1.85. The fourth-order valence-corrected chi connectivity index (χ4v) is 2.96. The molecule has 0 atom stereocenters. The Morgan fingerprint density at radius 2 is 1.32 bits per heavy atom. The number of hydrogen-bond acceptors (Lipinski definition) is 2. The first-order valence-corrected chi connectivity index (χ1v) is 21.2. The molecule has 176 valence electrons. The number of halogens is 2. The predicted molar refractivity (Wildman–Crippen MR) is 143 cm³/mol. The Bertz CT molecular complexity index is 826. The van der Waals surface area contributed by atoms with Gasteiger partial charge >= 0.3 is 40.1 Å². The number of aliphatic hydroxyl groups is 1. The van der Waals surface area contributed by atoms with E-state index in [2.05, 4.69) is 78.5 Å². The van der Waals surface area contributed by atoms with Gasteiger partial charge in [-0.05, 0) is 19.6 Å². The van der Waals surface area contributed by atoms with Gasteiger partial charge in [-0.2, -0.15) is 0 Å². The molecule has 0 fully saturated rings. The molecule has 0 saturated heterocycles. The molecule has 0 aliphatic carbocycles. The number of nitrogens with one attached hydrogen (secondary N) is 1. The van der Waals surface area contributed by atoms with Crippen LogP contribution in [0.3, 0.4) is 0 Å². The first-order valence-electron chi connectivity index (χ1n) is 9.77. The van der Waals surface area contributed by atoms with Crippen molar-refractivity contribution in [1.29, 1.82) is 0 Å². The van der Waals surface area contributed by atoms with Crippen LogP contribution in [0.4, 0.5) is 0 Å². The van der Waals surface area contributed by atoms with E-state index in [1.807, 2.05) is 20.8 Å². The Hall–Kier alpha value is -0.260. The fourth-order valence-electron chi connectivity index (χ4n) is 2.26. The topological polar surface area (TPSA) is 53.3 Å². The van der Waals surface area contributed by atoms with Crippen LogP contribution < -0.4 is 0 Å². The third kappa shape index (κ3) is 19.0. The first-order chi connectivity index (χ1) is 13.7. The van der Waals surface area contributed by atoms with Gasteiger partial charge in [-0.1, -0.05) is 57.2 Å². The molecular weight excluding hydrogens is 524 g/mol. The molecule has 0 aliphatic rings. The average molecular weight is 563 g/mol. The zero-order chi connectivity index (χ0) is 23.4. The van der Waals surface area contributed by atoms with E-state index in [9.17, 15) is 0 Å². The fraction of sp³-hybridized carbons (Fsp3) is 0.375. The summed E-state index contributed by atoms with van der Waals surface area (Å²) in [5.41, 5.74) is 6.69. The van der Waals surface area contributed by atoms with Crippen LogP contribution in [0, 0.1) is 7.43 Å². The normalized spacial score (nSPS) is 10.5. The van der Waals surface area contributed by atoms with E-state index in [1.165, 1.54) is 21.5 Å². The molecule has 0 bridgehead atoms. The van der Waals surface area contributed by atoms with Crippen molar-refractivity contribution in [1.82, 2.24) is 0 Å². The van der Waals surface area contributed by atoms with Crippen LogP contribution in [0.2, 0.25) is 19.6 Å². The van der Waals surface area contributed by atoms with Crippen molar-refractivity contribution in [2.24, 2.45) is 0 Å². The van der Waals surface area contributed by atoms with Gasteiger partial charge in [0.2, 0.25) is 0 Å². The van der Waals surface area contributed by atoms with Gasteiger partial charge in [0.05, 0.1) is 13.2 Å². The Balaban J connectivity index is 0. The van der Waals surface area contributed by atoms with Crippen molar-refractivity contribution in [3.63, 3.8) is 0 Å². The summed E-state index contributed by atoms with van der Waals surface area (Å²) in [5.74, 6) is 0. The molecule has 0 radical (unpaired) electrons. The molecule has 3 aromatic carbocycles. The van der Waals surface area contributed by atoms with Gasteiger partial charge in [0.15, 0.2) is 8.32 Å². The number of benzene rings is 2. The molecule has 2 N–H and O–H groups in total. The van der Waals surface area contributed by atoms with Gasteiger partial charge in [0, 0.05) is 0 Å². The minimum absolute atomic E-state index is 0. The van der Waals surface area contributed by atoms with E-state index in [-0.39, 0.29) is 19.6 Å². The van der Waals surface area contributed by atoms with Gasteiger partial charge in [-0.15, -0.1) is 45.3 Å². The molecule has 7 heteroatoms. The second-order valence-corrected chi connectivity index (χ2v) is 21.3. The molecule has 0 aromatic heterocycles. The Morgan fingerprint density at radius 1 is 1.00 bits per heavy atom. The smallest absolute Gasteiger partial charge is 0.0771 e. The summed E-state index contributed by atoms with van der Waals surface area (Å²) < 4.78 is 8.63. The summed E-state index contributed by atoms with van der Waals surface area (Å²) in [6.45, 7) is 12.5. The van der Waals surface area contributed by atoms with Crippen LogP contribution in [0.5, 0.6) is 0 Å². The van der Waals surface area contributed by atoms with Crippen LogP contribution >= 0.6 is 17.0 Å². The Labute approximate surface area is 205 Å². The monoisotopic (exact) mass is 560 g/mol. The molecule has 3 nitrogen and oxygen atoms in total. The van der Waals surface area contributed by atoms with Crippen molar-refractivity contribution < 1.29 is 28.4 Å². The molecular formula is C24H38Cl2NO2SiZr-3. The van der Waals surface area contributed by atoms with E-state index in [0.717, 1.165) is 0 Å². The summed E-state index contributed by atoms with van der Waals surface area (Å²) in [5, 5.41) is 13.7. The quantitative estimate of drug-likeness (QED) is 0.259. The van der Waals surface area contributed by atoms with E-state index < -0.39 is 27.2 Å². The summed E-state index contributed by atoms with van der Waals surface area (Å²) in [6, 6.07) is 19.3. The Kier molecular flexibility index (Phi) is 17.4. The third-order valence-electron chi connectivity index (χ3n) is 3.15. The maximum absolute atomic E-state index is 8.33. The van der Waals surface area contributed by atoms with Gasteiger partial charge in [0.25, 0.3) is 0 Å². The van der Waals surface area contributed by atoms with Crippen molar-refractivity contribution in [2.75, 3.05) is 13.2 Å². The van der Waals surface area contributed by atoms with Gasteiger partial charge in [-0.3, -0.25) is 0 Å². The van der Waals surface area contributed by atoms with Crippen LogP contribution in [0.25, 0.3) is 27.3 Å². The van der Waals surface area contributed by atoms with E-state index >= 15 is 0 Å². The number of aliphatic hydroxyl groups excluding tert-OH is 1. The number of hydrogen-bond donors (Lipinski definition) is 1. The zero-order valence-electron chi connectivity index (χ0n) is 19.9. The average Bonchev–Trinajstić information content (AvgIpc) is 2.97. The molecule has 3 rings (SSSR count). The third-order valence-corrected chi connectivity index (χ3v) is 4.22. The van der Waals surface area contributed by atoms with Crippen molar-refractivity contribution >= 4 is 51.1 Å². The molecule has 3 aromatic rings. The first kappa shape index (κ1) is 32.9.